The van der Waals surface area contributed by atoms with Gasteiger partial charge >= 0.3 is 0 Å². The van der Waals surface area contributed by atoms with Crippen molar-refractivity contribution < 1.29 is 9.13 Å². The number of rotatable bonds is 2. The monoisotopic (exact) mass is 277 g/mol. The maximum atomic E-state index is 14.0. The quantitative estimate of drug-likeness (QED) is 0.918. The predicted molar refractivity (Wildman–Crippen MR) is 76.0 cm³/mol. The van der Waals surface area contributed by atoms with E-state index < -0.39 is 5.54 Å². The summed E-state index contributed by atoms with van der Waals surface area (Å²) in [7, 11) is 0. The van der Waals surface area contributed by atoms with E-state index in [2.05, 4.69) is 23.4 Å². The number of hydrogen-bond acceptors (Lipinski definition) is 3. The smallest absolute Gasteiger partial charge is 0.151 e. The normalized spacial score (nSPS) is 18.9. The van der Waals surface area contributed by atoms with Gasteiger partial charge in [0.1, 0.15) is 11.3 Å². The average molecular weight is 277 g/mol. The number of nitrogens with two attached hydrogens (primary N) is 1. The number of nitrogens with zero attached hydrogens (tertiary/aromatic N) is 2. The van der Waals surface area contributed by atoms with Gasteiger partial charge in [0.15, 0.2) is 5.82 Å². The van der Waals surface area contributed by atoms with Crippen LogP contribution in [0, 0.1) is 5.82 Å². The van der Waals surface area contributed by atoms with E-state index in [1.807, 2.05) is 6.07 Å². The summed E-state index contributed by atoms with van der Waals surface area (Å²) in [4.78, 5) is 4.54. The Hall–Kier alpha value is -1.46. The summed E-state index contributed by atoms with van der Waals surface area (Å²) in [6.07, 6.45) is 1.43. The van der Waals surface area contributed by atoms with E-state index in [-0.39, 0.29) is 11.9 Å². The van der Waals surface area contributed by atoms with Gasteiger partial charge in [0.2, 0.25) is 0 Å². The Bertz CT molecular complexity index is 629. The van der Waals surface area contributed by atoms with E-state index in [1.54, 1.807) is 6.07 Å². The van der Waals surface area contributed by atoms with Crippen LogP contribution in [-0.4, -0.2) is 22.8 Å². The second-order valence-corrected chi connectivity index (χ2v) is 5.78. The molecule has 5 heteroatoms. The van der Waals surface area contributed by atoms with Crippen LogP contribution in [0.15, 0.2) is 18.2 Å². The molecular formula is C15H20FN3O. The molecule has 20 heavy (non-hydrogen) atoms. The molecule has 0 saturated carbocycles. The maximum Gasteiger partial charge on any atom is 0.151 e. The summed E-state index contributed by atoms with van der Waals surface area (Å²) in [6, 6.07) is 5.24. The van der Waals surface area contributed by atoms with Gasteiger partial charge in [0.25, 0.3) is 0 Å². The highest BCUT2D eigenvalue weighted by Gasteiger charge is 2.36. The summed E-state index contributed by atoms with van der Waals surface area (Å²) in [5, 5.41) is 0. The summed E-state index contributed by atoms with van der Waals surface area (Å²) >= 11 is 0. The molecule has 1 fully saturated rings. The molecule has 1 aliphatic rings. The van der Waals surface area contributed by atoms with Gasteiger partial charge in [-0.05, 0) is 38.8 Å². The lowest BCUT2D eigenvalue weighted by atomic mass is 9.90. The summed E-state index contributed by atoms with van der Waals surface area (Å²) in [6.45, 7) is 5.39. The second-order valence-electron chi connectivity index (χ2n) is 5.78. The third kappa shape index (κ3) is 2.01. The van der Waals surface area contributed by atoms with Crippen molar-refractivity contribution in [2.75, 3.05) is 13.2 Å². The summed E-state index contributed by atoms with van der Waals surface area (Å²) < 4.78 is 21.4. The third-order valence-corrected chi connectivity index (χ3v) is 4.02. The minimum atomic E-state index is -0.534. The highest BCUT2D eigenvalue weighted by Crippen LogP contribution is 2.33. The van der Waals surface area contributed by atoms with E-state index in [0.717, 1.165) is 11.3 Å². The molecule has 108 valence electrons. The maximum absolute atomic E-state index is 14.0. The number of aromatic nitrogens is 2. The molecule has 1 aromatic heterocycles. The fraction of sp³-hybridized carbons (Fsp3) is 0.533. The third-order valence-electron chi connectivity index (χ3n) is 4.02. The van der Waals surface area contributed by atoms with E-state index in [9.17, 15) is 4.39 Å². The molecule has 0 radical (unpaired) electrons. The van der Waals surface area contributed by atoms with Crippen molar-refractivity contribution >= 4 is 11.0 Å². The predicted octanol–water partition coefficient (Wildman–Crippen LogP) is 2.72. The standard InChI is InChI=1S/C15H20FN3O/c1-10(2)19-12-5-3-4-11(16)13(12)18-14(19)15(17)6-8-20-9-7-15/h3-5,10H,6-9,17H2,1-2H3. The van der Waals surface area contributed by atoms with Crippen LogP contribution in [0.5, 0.6) is 0 Å². The van der Waals surface area contributed by atoms with Crippen molar-refractivity contribution in [1.29, 1.82) is 0 Å². The number of hydrogen-bond donors (Lipinski definition) is 1. The SMILES string of the molecule is CC(C)n1c(C2(N)CCOCC2)nc2c(F)cccc21. The topological polar surface area (TPSA) is 53.1 Å². The van der Waals surface area contributed by atoms with E-state index >= 15 is 0 Å². The first-order chi connectivity index (χ1) is 9.53. The van der Waals surface area contributed by atoms with E-state index in [0.29, 0.717) is 31.6 Å². The zero-order chi connectivity index (χ0) is 14.3. The van der Waals surface area contributed by atoms with Gasteiger partial charge < -0.3 is 15.0 Å². The fourth-order valence-corrected chi connectivity index (χ4v) is 2.92. The van der Waals surface area contributed by atoms with Crippen molar-refractivity contribution in [1.82, 2.24) is 9.55 Å². The average Bonchev–Trinajstić information content (AvgIpc) is 2.81. The molecule has 0 aliphatic carbocycles. The molecule has 2 N–H and O–H groups in total. The van der Waals surface area contributed by atoms with Gasteiger partial charge in [-0.15, -0.1) is 0 Å². The van der Waals surface area contributed by atoms with Gasteiger partial charge in [-0.25, -0.2) is 9.37 Å². The van der Waals surface area contributed by atoms with E-state index in [1.165, 1.54) is 6.07 Å². The van der Waals surface area contributed by atoms with Crippen molar-refractivity contribution in [3.8, 4) is 0 Å². The number of ether oxygens (including phenoxy) is 1. The Morgan fingerprint density at radius 2 is 2.05 bits per heavy atom. The molecule has 4 nitrogen and oxygen atoms in total. The number of fused-ring (bicyclic) bond motifs is 1. The molecule has 0 spiro atoms. The molecule has 2 aromatic rings. The minimum absolute atomic E-state index is 0.181. The highest BCUT2D eigenvalue weighted by atomic mass is 19.1. The molecule has 1 aromatic carbocycles. The minimum Gasteiger partial charge on any atom is -0.381 e. The fourth-order valence-electron chi connectivity index (χ4n) is 2.92. The van der Waals surface area contributed by atoms with Gasteiger partial charge in [0.05, 0.1) is 11.1 Å². The van der Waals surface area contributed by atoms with Crippen LogP contribution in [0.4, 0.5) is 4.39 Å². The lowest BCUT2D eigenvalue weighted by Crippen LogP contribution is -2.44. The largest absolute Gasteiger partial charge is 0.381 e. The number of halogens is 1. The first-order valence-corrected chi connectivity index (χ1v) is 7.06. The Morgan fingerprint density at radius 3 is 2.70 bits per heavy atom. The highest BCUT2D eigenvalue weighted by molar-refractivity contribution is 5.77. The lowest BCUT2D eigenvalue weighted by Gasteiger charge is -2.34. The van der Waals surface area contributed by atoms with Crippen LogP contribution >= 0.6 is 0 Å². The van der Waals surface area contributed by atoms with Gasteiger partial charge in [0, 0.05) is 19.3 Å². The molecule has 1 saturated heterocycles. The van der Waals surface area contributed by atoms with Crippen LogP contribution in [0.1, 0.15) is 38.6 Å². The van der Waals surface area contributed by atoms with Crippen LogP contribution in [0.2, 0.25) is 0 Å². The van der Waals surface area contributed by atoms with Crippen molar-refractivity contribution in [3.05, 3.63) is 29.8 Å². The van der Waals surface area contributed by atoms with Crippen molar-refractivity contribution in [3.63, 3.8) is 0 Å². The zero-order valence-corrected chi connectivity index (χ0v) is 11.9. The summed E-state index contributed by atoms with van der Waals surface area (Å²) in [5.41, 5.74) is 7.23. The van der Waals surface area contributed by atoms with Crippen LogP contribution in [0.3, 0.4) is 0 Å². The Morgan fingerprint density at radius 1 is 1.35 bits per heavy atom. The van der Waals surface area contributed by atoms with Crippen LogP contribution < -0.4 is 5.73 Å². The Kier molecular flexibility index (Phi) is 3.26. The number of imidazole rings is 1. The molecule has 0 unspecified atom stereocenters. The van der Waals surface area contributed by atoms with Crippen LogP contribution in [-0.2, 0) is 10.3 Å². The summed E-state index contributed by atoms with van der Waals surface area (Å²) in [5.74, 6) is 0.481. The zero-order valence-electron chi connectivity index (χ0n) is 11.9. The molecular weight excluding hydrogens is 257 g/mol. The first-order valence-electron chi connectivity index (χ1n) is 7.06. The van der Waals surface area contributed by atoms with Gasteiger partial charge in [-0.1, -0.05) is 6.07 Å². The van der Waals surface area contributed by atoms with Crippen molar-refractivity contribution in [2.45, 2.75) is 38.3 Å². The lowest BCUT2D eigenvalue weighted by molar-refractivity contribution is 0.0477. The molecule has 3 rings (SSSR count). The van der Waals surface area contributed by atoms with Gasteiger partial charge in [-0.2, -0.15) is 0 Å². The van der Waals surface area contributed by atoms with E-state index in [4.69, 9.17) is 10.5 Å². The van der Waals surface area contributed by atoms with Crippen molar-refractivity contribution in [2.24, 2.45) is 5.73 Å². The molecule has 1 aliphatic heterocycles. The Balaban J connectivity index is 2.24. The Labute approximate surface area is 117 Å². The van der Waals surface area contributed by atoms with Crippen LogP contribution in [0.25, 0.3) is 11.0 Å². The van der Waals surface area contributed by atoms with Gasteiger partial charge in [-0.3, -0.25) is 0 Å². The number of para-hydroxylation sites is 1. The number of benzene rings is 1. The molecule has 0 bridgehead atoms. The molecule has 0 amide bonds. The molecule has 0 atom stereocenters. The first kappa shape index (κ1) is 13.5. The second kappa shape index (κ2) is 4.82. The molecule has 2 heterocycles.